The normalized spacial score (nSPS) is 26.4. The summed E-state index contributed by atoms with van der Waals surface area (Å²) in [6.45, 7) is 0.775. The van der Waals surface area contributed by atoms with Crippen LogP contribution in [0.1, 0.15) is 11.5 Å². The van der Waals surface area contributed by atoms with Crippen LogP contribution in [0, 0.1) is 11.8 Å². The Hall–Kier alpha value is 0.0121. The van der Waals surface area contributed by atoms with E-state index in [4.69, 9.17) is 9.47 Å². The van der Waals surface area contributed by atoms with Gasteiger partial charge in [0.1, 0.15) is 0 Å². The third kappa shape index (κ3) is 3.81. The second-order valence-electron chi connectivity index (χ2n) is 4.78. The van der Waals surface area contributed by atoms with Crippen molar-refractivity contribution >= 4 is 47.7 Å². The molecular weight excluding hydrogens is 519 g/mol. The van der Waals surface area contributed by atoms with Crippen molar-refractivity contribution in [1.82, 2.24) is 0 Å². The SMILES string of the molecule is O=C1OCC(CO)C(CO[CH2][Pb])C1c1ccc(Br)cc1. The summed E-state index contributed by atoms with van der Waals surface area (Å²) >= 11 is 4.35. The summed E-state index contributed by atoms with van der Waals surface area (Å²) in [4.78, 5) is 12.2. The van der Waals surface area contributed by atoms with Crippen LogP contribution in [0.15, 0.2) is 28.7 Å². The van der Waals surface area contributed by atoms with Gasteiger partial charge in [-0.1, -0.05) is 0 Å². The van der Waals surface area contributed by atoms with Crippen molar-refractivity contribution in [2.75, 3.05) is 24.0 Å². The van der Waals surface area contributed by atoms with E-state index in [1.54, 1.807) is 0 Å². The molecule has 1 aromatic carbocycles. The molecule has 0 spiro atoms. The molecule has 1 fully saturated rings. The number of ether oxygens (including phenoxy) is 2. The first-order valence-electron chi connectivity index (χ1n) is 6.42. The molecule has 1 aromatic rings. The summed E-state index contributed by atoms with van der Waals surface area (Å²) in [5.41, 5.74) is 0.915. The predicted molar refractivity (Wildman–Crippen MR) is 78.5 cm³/mol. The van der Waals surface area contributed by atoms with Crippen LogP contribution in [0.4, 0.5) is 0 Å². The van der Waals surface area contributed by atoms with E-state index in [9.17, 15) is 9.90 Å². The van der Waals surface area contributed by atoms with Crippen LogP contribution < -0.4 is 0 Å². The fourth-order valence-electron chi connectivity index (χ4n) is 2.52. The molecule has 6 heteroatoms. The van der Waals surface area contributed by atoms with Gasteiger partial charge < -0.3 is 0 Å². The molecule has 4 nitrogen and oxygen atoms in total. The van der Waals surface area contributed by atoms with Gasteiger partial charge in [0.15, 0.2) is 0 Å². The average molecular weight is 535 g/mol. The zero-order chi connectivity index (χ0) is 14.5. The van der Waals surface area contributed by atoms with Crippen molar-refractivity contribution in [2.45, 2.75) is 5.92 Å². The summed E-state index contributed by atoms with van der Waals surface area (Å²) in [7, 11) is 0. The number of hydrogen-bond donors (Lipinski definition) is 1. The van der Waals surface area contributed by atoms with Crippen molar-refractivity contribution < 1.29 is 19.4 Å². The van der Waals surface area contributed by atoms with Crippen LogP contribution in [0.5, 0.6) is 0 Å². The van der Waals surface area contributed by atoms with E-state index in [0.717, 1.165) is 40.0 Å². The van der Waals surface area contributed by atoms with E-state index in [2.05, 4.69) is 15.9 Å². The Morgan fingerprint density at radius 3 is 2.70 bits per heavy atom. The van der Waals surface area contributed by atoms with Gasteiger partial charge in [-0.05, 0) is 0 Å². The first kappa shape index (κ1) is 16.4. The molecule has 1 aliphatic rings. The maximum absolute atomic E-state index is 12.2. The molecule has 20 heavy (non-hydrogen) atoms. The van der Waals surface area contributed by atoms with Crippen LogP contribution in [0.2, 0.25) is 0 Å². The number of esters is 1. The van der Waals surface area contributed by atoms with Crippen molar-refractivity contribution in [3.63, 3.8) is 0 Å². The van der Waals surface area contributed by atoms with Crippen LogP contribution >= 0.6 is 15.9 Å². The average Bonchev–Trinajstić information content (AvgIpc) is 2.46. The van der Waals surface area contributed by atoms with Gasteiger partial charge in [-0.2, -0.15) is 0 Å². The molecule has 0 aliphatic carbocycles. The number of aliphatic hydroxyl groups is 1. The van der Waals surface area contributed by atoms with Gasteiger partial charge in [-0.25, -0.2) is 0 Å². The van der Waals surface area contributed by atoms with Crippen LogP contribution in [0.25, 0.3) is 0 Å². The molecule has 3 unspecified atom stereocenters. The van der Waals surface area contributed by atoms with E-state index in [-0.39, 0.29) is 36.9 Å². The topological polar surface area (TPSA) is 55.8 Å². The quantitative estimate of drug-likeness (QED) is 0.459. The fourth-order valence-corrected chi connectivity index (χ4v) is 3.24. The molecule has 1 N–H and O–H groups in total. The molecular formula is C14H16BrO4Pb. The molecule has 0 amide bonds. The minimum absolute atomic E-state index is 0.00940. The third-order valence-corrected chi connectivity index (χ3v) is 4.93. The number of aliphatic hydroxyl groups excluding tert-OH is 1. The van der Waals surface area contributed by atoms with Crippen molar-refractivity contribution in [2.24, 2.45) is 11.8 Å². The number of hydrogen-bond acceptors (Lipinski definition) is 4. The number of halogens is 1. The second-order valence-corrected chi connectivity index (χ2v) is 6.82. The maximum atomic E-state index is 12.2. The van der Waals surface area contributed by atoms with Gasteiger partial charge in [-0.3, -0.25) is 0 Å². The van der Waals surface area contributed by atoms with Crippen molar-refractivity contribution in [3.8, 4) is 0 Å². The Morgan fingerprint density at radius 2 is 2.10 bits per heavy atom. The van der Waals surface area contributed by atoms with Gasteiger partial charge in [0, 0.05) is 0 Å². The number of rotatable bonds is 5. The van der Waals surface area contributed by atoms with Gasteiger partial charge >= 0.3 is 143 Å². The number of cyclic esters (lactones) is 1. The molecule has 0 aromatic heterocycles. The Kier molecular flexibility index (Phi) is 6.44. The van der Waals surface area contributed by atoms with E-state index >= 15 is 0 Å². The summed E-state index contributed by atoms with van der Waals surface area (Å²) in [6, 6.07) is 7.67. The molecule has 1 heterocycles. The van der Waals surface area contributed by atoms with Gasteiger partial charge in [0.05, 0.1) is 0 Å². The van der Waals surface area contributed by atoms with E-state index in [0.29, 0.717) is 6.61 Å². The van der Waals surface area contributed by atoms with Crippen LogP contribution in [-0.2, 0) is 14.3 Å². The summed E-state index contributed by atoms with van der Waals surface area (Å²) in [6.07, 6.45) is 0. The van der Waals surface area contributed by atoms with Gasteiger partial charge in [0.25, 0.3) is 0 Å². The van der Waals surface area contributed by atoms with Gasteiger partial charge in [-0.15, -0.1) is 0 Å². The summed E-state index contributed by atoms with van der Waals surface area (Å²) in [5.74, 6) is -0.674. The minimum atomic E-state index is -0.359. The zero-order valence-electron chi connectivity index (χ0n) is 10.9. The first-order valence-corrected chi connectivity index (χ1v) is 9.97. The van der Waals surface area contributed by atoms with Crippen molar-refractivity contribution in [1.29, 1.82) is 0 Å². The number of carbonyl (C=O) groups is 1. The molecule has 1 aliphatic heterocycles. The second kappa shape index (κ2) is 7.86. The zero-order valence-corrected chi connectivity index (χ0v) is 16.4. The van der Waals surface area contributed by atoms with E-state index in [1.807, 2.05) is 24.3 Å². The third-order valence-electron chi connectivity index (χ3n) is 3.60. The fraction of sp³-hybridized carbons (Fsp3) is 0.500. The molecule has 0 saturated carbocycles. The molecule has 3 radical (unpaired) electrons. The van der Waals surface area contributed by atoms with Crippen LogP contribution in [0.3, 0.4) is 0 Å². The molecule has 3 atom stereocenters. The summed E-state index contributed by atoms with van der Waals surface area (Å²) < 4.78 is 12.5. The Morgan fingerprint density at radius 1 is 1.40 bits per heavy atom. The van der Waals surface area contributed by atoms with E-state index in [1.165, 1.54) is 0 Å². The van der Waals surface area contributed by atoms with Crippen LogP contribution in [-0.4, -0.2) is 60.8 Å². The molecule has 0 bridgehead atoms. The Labute approximate surface area is 142 Å². The molecule has 1 saturated heterocycles. The summed E-state index contributed by atoms with van der Waals surface area (Å²) in [5, 5.41) is 9.51. The van der Waals surface area contributed by atoms with Crippen molar-refractivity contribution in [3.05, 3.63) is 34.3 Å². The Bertz CT molecular complexity index is 451. The standard InChI is InChI=1S/C14H16BrO4.Pb/c1-18-8-12-10(6-16)7-19-14(17)13(12)9-2-4-11(15)5-3-9;/h2-5,10,12-13,16H,1,6-8H2;. The Balaban J connectivity index is 2.27. The predicted octanol–water partition coefficient (Wildman–Crippen LogP) is 1.46. The monoisotopic (exact) mass is 535 g/mol. The van der Waals surface area contributed by atoms with Gasteiger partial charge in [0.2, 0.25) is 0 Å². The number of benzene rings is 1. The first-order chi connectivity index (χ1) is 9.67. The molecule has 107 valence electrons. The van der Waals surface area contributed by atoms with E-state index < -0.39 is 0 Å². The number of carbonyl (C=O) groups excluding carboxylic acids is 1. The molecule has 2 rings (SSSR count).